The van der Waals surface area contributed by atoms with Crippen LogP contribution in [0.2, 0.25) is 5.02 Å². The number of ether oxygens (including phenoxy) is 1. The van der Waals surface area contributed by atoms with Gasteiger partial charge in [0.2, 0.25) is 5.89 Å². The van der Waals surface area contributed by atoms with Crippen LogP contribution < -0.4 is 10.1 Å². The van der Waals surface area contributed by atoms with Gasteiger partial charge in [-0.05, 0) is 61.9 Å². The largest absolute Gasteiger partial charge is 0.495 e. The molecule has 0 aliphatic heterocycles. The Labute approximate surface area is 173 Å². The van der Waals surface area contributed by atoms with E-state index in [0.29, 0.717) is 39.0 Å². The third kappa shape index (κ3) is 3.82. The number of nitrogens with zero attached hydrogens (tertiary/aromatic N) is 1. The van der Waals surface area contributed by atoms with Gasteiger partial charge in [0, 0.05) is 16.8 Å². The summed E-state index contributed by atoms with van der Waals surface area (Å²) in [5.74, 6) is 0.873. The molecule has 0 atom stereocenters. The van der Waals surface area contributed by atoms with Crippen LogP contribution in [-0.4, -0.2) is 18.0 Å². The monoisotopic (exact) mass is 406 g/mol. The van der Waals surface area contributed by atoms with Crippen LogP contribution in [0.5, 0.6) is 5.75 Å². The number of anilines is 1. The lowest BCUT2D eigenvalue weighted by molar-refractivity contribution is 0.102. The average Bonchev–Trinajstić information content (AvgIpc) is 3.11. The van der Waals surface area contributed by atoms with Crippen molar-refractivity contribution in [3.8, 4) is 17.2 Å². The molecular weight excluding hydrogens is 388 g/mol. The summed E-state index contributed by atoms with van der Waals surface area (Å²) in [4.78, 5) is 17.2. The number of aryl methyl sites for hydroxylation is 2. The zero-order valence-corrected chi connectivity index (χ0v) is 17.0. The molecule has 4 aromatic rings. The molecule has 1 aromatic heterocycles. The van der Waals surface area contributed by atoms with E-state index in [9.17, 15) is 4.79 Å². The summed E-state index contributed by atoms with van der Waals surface area (Å²) in [6.07, 6.45) is 0. The molecule has 1 N–H and O–H groups in total. The van der Waals surface area contributed by atoms with Crippen LogP contribution in [-0.2, 0) is 0 Å². The molecule has 146 valence electrons. The van der Waals surface area contributed by atoms with Gasteiger partial charge in [0.15, 0.2) is 5.58 Å². The van der Waals surface area contributed by atoms with Gasteiger partial charge in [0.1, 0.15) is 11.3 Å². The van der Waals surface area contributed by atoms with E-state index in [1.807, 2.05) is 38.1 Å². The van der Waals surface area contributed by atoms with Crippen LogP contribution in [0, 0.1) is 13.8 Å². The third-order valence-electron chi connectivity index (χ3n) is 4.67. The number of hydrogen-bond donors (Lipinski definition) is 1. The Morgan fingerprint density at radius 1 is 1.07 bits per heavy atom. The highest BCUT2D eigenvalue weighted by Gasteiger charge is 2.13. The van der Waals surface area contributed by atoms with Crippen molar-refractivity contribution in [1.29, 1.82) is 0 Å². The molecule has 0 aliphatic carbocycles. The van der Waals surface area contributed by atoms with E-state index >= 15 is 0 Å². The topological polar surface area (TPSA) is 64.4 Å². The maximum atomic E-state index is 12.6. The average molecular weight is 407 g/mol. The molecule has 0 bridgehead atoms. The van der Waals surface area contributed by atoms with Crippen LogP contribution in [0.4, 0.5) is 5.69 Å². The van der Waals surface area contributed by atoms with Crippen molar-refractivity contribution < 1.29 is 13.9 Å². The fraction of sp³-hybridized carbons (Fsp3) is 0.130. The Bertz CT molecular complexity index is 1230. The number of rotatable bonds is 4. The summed E-state index contributed by atoms with van der Waals surface area (Å²) in [6, 6.07) is 16.5. The predicted molar refractivity (Wildman–Crippen MR) is 115 cm³/mol. The second-order valence-corrected chi connectivity index (χ2v) is 7.23. The molecule has 0 spiro atoms. The van der Waals surface area contributed by atoms with Crippen LogP contribution >= 0.6 is 11.6 Å². The number of oxazole rings is 1. The highest BCUT2D eigenvalue weighted by Crippen LogP contribution is 2.32. The zero-order chi connectivity index (χ0) is 20.5. The van der Waals surface area contributed by atoms with Gasteiger partial charge >= 0.3 is 0 Å². The summed E-state index contributed by atoms with van der Waals surface area (Å²) in [5, 5.41) is 3.41. The Kier molecular flexibility index (Phi) is 4.99. The Morgan fingerprint density at radius 2 is 1.90 bits per heavy atom. The van der Waals surface area contributed by atoms with Gasteiger partial charge in [0.05, 0.1) is 12.1 Å². The van der Waals surface area contributed by atoms with Crippen LogP contribution in [0.1, 0.15) is 21.5 Å². The number of aromatic nitrogens is 1. The van der Waals surface area contributed by atoms with Gasteiger partial charge in [-0.15, -0.1) is 0 Å². The fourth-order valence-corrected chi connectivity index (χ4v) is 3.45. The molecule has 3 aromatic carbocycles. The van der Waals surface area contributed by atoms with Crippen molar-refractivity contribution in [2.75, 3.05) is 12.4 Å². The highest BCUT2D eigenvalue weighted by molar-refractivity contribution is 6.32. The standard InChI is InChI=1S/C23H19ClN2O3/c1-13-4-7-17(14(2)10-13)22(27)25-16-6-9-21-19(12-16)26-23(29-21)15-5-8-20(28-3)18(24)11-15/h4-12H,1-3H3,(H,25,27). The minimum Gasteiger partial charge on any atom is -0.495 e. The maximum absolute atomic E-state index is 12.6. The molecule has 0 fully saturated rings. The zero-order valence-electron chi connectivity index (χ0n) is 16.2. The lowest BCUT2D eigenvalue weighted by Gasteiger charge is -2.08. The maximum Gasteiger partial charge on any atom is 0.255 e. The first-order valence-corrected chi connectivity index (χ1v) is 9.45. The quantitative estimate of drug-likeness (QED) is 0.449. The molecule has 1 amide bonds. The normalized spacial score (nSPS) is 10.9. The number of carbonyl (C=O) groups excluding carboxylic acids is 1. The van der Waals surface area contributed by atoms with Gasteiger partial charge < -0.3 is 14.5 Å². The minimum absolute atomic E-state index is 0.160. The third-order valence-corrected chi connectivity index (χ3v) is 4.97. The molecule has 0 saturated heterocycles. The fourth-order valence-electron chi connectivity index (χ4n) is 3.19. The first-order valence-electron chi connectivity index (χ1n) is 9.08. The molecule has 1 heterocycles. The van der Waals surface area contributed by atoms with Gasteiger partial charge in [-0.1, -0.05) is 29.3 Å². The second-order valence-electron chi connectivity index (χ2n) is 6.82. The van der Waals surface area contributed by atoms with Crippen LogP contribution in [0.15, 0.2) is 59.0 Å². The van der Waals surface area contributed by atoms with Gasteiger partial charge in [-0.25, -0.2) is 4.98 Å². The number of fused-ring (bicyclic) bond motifs is 1. The Hall–Kier alpha value is -3.31. The number of benzene rings is 3. The Morgan fingerprint density at radius 3 is 2.62 bits per heavy atom. The number of amides is 1. The Balaban J connectivity index is 1.61. The lowest BCUT2D eigenvalue weighted by Crippen LogP contribution is -2.13. The molecule has 0 aliphatic rings. The van der Waals surface area contributed by atoms with Crippen LogP contribution in [0.3, 0.4) is 0 Å². The molecule has 29 heavy (non-hydrogen) atoms. The van der Waals surface area contributed by atoms with E-state index in [2.05, 4.69) is 10.3 Å². The predicted octanol–water partition coefficient (Wildman–Crippen LogP) is 6.03. The smallest absolute Gasteiger partial charge is 0.255 e. The molecule has 4 rings (SSSR count). The SMILES string of the molecule is COc1ccc(-c2nc3cc(NC(=O)c4ccc(C)cc4C)ccc3o2)cc1Cl. The molecule has 0 radical (unpaired) electrons. The highest BCUT2D eigenvalue weighted by atomic mass is 35.5. The second kappa shape index (κ2) is 7.60. The van der Waals surface area contributed by atoms with E-state index < -0.39 is 0 Å². The minimum atomic E-state index is -0.160. The van der Waals surface area contributed by atoms with E-state index in [1.54, 1.807) is 37.4 Å². The van der Waals surface area contributed by atoms with Crippen molar-refractivity contribution in [3.05, 3.63) is 76.3 Å². The molecular formula is C23H19ClN2O3. The van der Waals surface area contributed by atoms with E-state index in [-0.39, 0.29) is 5.91 Å². The summed E-state index contributed by atoms with van der Waals surface area (Å²) in [5.41, 5.74) is 5.35. The van der Waals surface area contributed by atoms with E-state index in [1.165, 1.54) is 0 Å². The number of methoxy groups -OCH3 is 1. The number of nitrogens with one attached hydrogen (secondary N) is 1. The molecule has 0 saturated carbocycles. The van der Waals surface area contributed by atoms with Crippen molar-refractivity contribution in [1.82, 2.24) is 4.98 Å². The first kappa shape index (κ1) is 19.0. The van der Waals surface area contributed by atoms with E-state index in [0.717, 1.165) is 16.7 Å². The molecule has 0 unspecified atom stereocenters. The van der Waals surface area contributed by atoms with Crippen molar-refractivity contribution in [3.63, 3.8) is 0 Å². The summed E-state index contributed by atoms with van der Waals surface area (Å²) >= 11 is 6.20. The number of hydrogen-bond acceptors (Lipinski definition) is 4. The van der Waals surface area contributed by atoms with Crippen molar-refractivity contribution >= 4 is 34.3 Å². The molecule has 6 heteroatoms. The number of halogens is 1. The van der Waals surface area contributed by atoms with Crippen molar-refractivity contribution in [2.45, 2.75) is 13.8 Å². The summed E-state index contributed by atoms with van der Waals surface area (Å²) < 4.78 is 11.0. The van der Waals surface area contributed by atoms with Crippen molar-refractivity contribution in [2.24, 2.45) is 0 Å². The van der Waals surface area contributed by atoms with Gasteiger partial charge in [0.25, 0.3) is 5.91 Å². The summed E-state index contributed by atoms with van der Waals surface area (Å²) in [7, 11) is 1.56. The summed E-state index contributed by atoms with van der Waals surface area (Å²) in [6.45, 7) is 3.93. The van der Waals surface area contributed by atoms with E-state index in [4.69, 9.17) is 20.8 Å². The van der Waals surface area contributed by atoms with Crippen LogP contribution in [0.25, 0.3) is 22.6 Å². The van der Waals surface area contributed by atoms with Gasteiger partial charge in [-0.2, -0.15) is 0 Å². The molecule has 5 nitrogen and oxygen atoms in total. The first-order chi connectivity index (χ1) is 13.9. The number of carbonyl (C=O) groups is 1. The van der Waals surface area contributed by atoms with Gasteiger partial charge in [-0.3, -0.25) is 4.79 Å². The lowest BCUT2D eigenvalue weighted by atomic mass is 10.1.